The van der Waals surface area contributed by atoms with Crippen LogP contribution in [0.4, 0.5) is 0 Å². The number of quaternary nitrogens is 1. The Kier molecular flexibility index (Phi) is 6.03. The van der Waals surface area contributed by atoms with Gasteiger partial charge in [0.05, 0.1) is 45.9 Å². The summed E-state index contributed by atoms with van der Waals surface area (Å²) in [7, 11) is 5.55. The Bertz CT molecular complexity index is 930. The first-order valence-corrected chi connectivity index (χ1v) is 9.62. The molecule has 2 aromatic rings. The molecular formula is C23H27N2O4+. The minimum absolute atomic E-state index is 0.123. The average Bonchev–Trinajstić information content (AvgIpc) is 2.97. The fourth-order valence-electron chi connectivity index (χ4n) is 3.45. The van der Waals surface area contributed by atoms with Crippen LogP contribution >= 0.6 is 0 Å². The molecule has 3 rings (SSSR count). The average molecular weight is 395 g/mol. The second kappa shape index (κ2) is 8.49. The van der Waals surface area contributed by atoms with E-state index < -0.39 is 17.7 Å². The lowest BCUT2D eigenvalue weighted by Gasteiger charge is -2.25. The number of nitrogens with zero attached hydrogens (tertiary/aromatic N) is 1. The third-order valence-electron chi connectivity index (χ3n) is 5.15. The molecule has 0 aromatic heterocycles. The maximum absolute atomic E-state index is 12.9. The van der Waals surface area contributed by atoms with Gasteiger partial charge in [0.2, 0.25) is 0 Å². The molecule has 2 N–H and O–H groups in total. The second-order valence-electron chi connectivity index (χ2n) is 7.59. The Morgan fingerprint density at radius 2 is 1.69 bits per heavy atom. The zero-order valence-electron chi connectivity index (χ0n) is 17.2. The SMILES string of the molecule is COc1ccc(C(O)=C2C(=O)C(=O)N(CC[NH+](C)C)C2c2ccc(C)cc2)cc1. The highest BCUT2D eigenvalue weighted by Crippen LogP contribution is 2.39. The van der Waals surface area contributed by atoms with Crippen LogP contribution in [0.25, 0.3) is 5.76 Å². The number of likely N-dealkylation sites (tertiary alicyclic amines) is 1. The first-order chi connectivity index (χ1) is 13.8. The van der Waals surface area contributed by atoms with Crippen LogP contribution < -0.4 is 9.64 Å². The molecule has 1 atom stereocenters. The number of hydrogen-bond donors (Lipinski definition) is 2. The van der Waals surface area contributed by atoms with Crippen molar-refractivity contribution in [2.45, 2.75) is 13.0 Å². The van der Waals surface area contributed by atoms with Crippen molar-refractivity contribution < 1.29 is 24.3 Å². The number of ether oxygens (including phenoxy) is 1. The van der Waals surface area contributed by atoms with E-state index in [1.807, 2.05) is 45.3 Å². The van der Waals surface area contributed by atoms with E-state index in [1.54, 1.807) is 36.3 Å². The van der Waals surface area contributed by atoms with Crippen LogP contribution in [0.2, 0.25) is 0 Å². The zero-order chi connectivity index (χ0) is 21.1. The standard InChI is InChI=1S/C23H26N2O4/c1-15-5-7-16(8-6-15)20-19(21(26)17-9-11-18(29-4)12-10-17)22(27)23(28)25(20)14-13-24(2)3/h5-12,20,26H,13-14H2,1-4H3/p+1. The van der Waals surface area contributed by atoms with Gasteiger partial charge in [-0.25, -0.2) is 0 Å². The number of aliphatic hydroxyl groups excluding tert-OH is 1. The number of carbonyl (C=O) groups is 2. The van der Waals surface area contributed by atoms with Gasteiger partial charge in [-0.2, -0.15) is 0 Å². The molecule has 6 nitrogen and oxygen atoms in total. The molecule has 29 heavy (non-hydrogen) atoms. The van der Waals surface area contributed by atoms with Gasteiger partial charge in [-0.15, -0.1) is 0 Å². The van der Waals surface area contributed by atoms with Crippen LogP contribution in [0.5, 0.6) is 5.75 Å². The van der Waals surface area contributed by atoms with Gasteiger partial charge >= 0.3 is 0 Å². The lowest BCUT2D eigenvalue weighted by Crippen LogP contribution is -3.06. The number of Topliss-reactive ketones (excluding diaryl/α,β-unsaturated/α-hetero) is 1. The number of hydrogen-bond acceptors (Lipinski definition) is 4. The van der Waals surface area contributed by atoms with Crippen molar-refractivity contribution in [3.8, 4) is 5.75 Å². The predicted octanol–water partition coefficient (Wildman–Crippen LogP) is 1.57. The fourth-order valence-corrected chi connectivity index (χ4v) is 3.45. The molecule has 0 bridgehead atoms. The summed E-state index contributed by atoms with van der Waals surface area (Å²) >= 11 is 0. The third-order valence-corrected chi connectivity index (χ3v) is 5.15. The molecule has 1 aliphatic rings. The number of nitrogens with one attached hydrogen (secondary N) is 1. The van der Waals surface area contributed by atoms with E-state index in [9.17, 15) is 14.7 Å². The Balaban J connectivity index is 2.11. The van der Waals surface area contributed by atoms with Crippen LogP contribution in [0.3, 0.4) is 0 Å². The smallest absolute Gasteiger partial charge is 0.295 e. The number of amides is 1. The lowest BCUT2D eigenvalue weighted by atomic mass is 9.94. The molecule has 2 aromatic carbocycles. The summed E-state index contributed by atoms with van der Waals surface area (Å²) in [6, 6.07) is 13.9. The van der Waals surface area contributed by atoms with Gasteiger partial charge in [0.1, 0.15) is 11.5 Å². The van der Waals surface area contributed by atoms with Crippen molar-refractivity contribution in [2.75, 3.05) is 34.3 Å². The Hall–Kier alpha value is -3.12. The highest BCUT2D eigenvalue weighted by atomic mass is 16.5. The Morgan fingerprint density at radius 3 is 2.24 bits per heavy atom. The number of carbonyl (C=O) groups excluding carboxylic acids is 2. The predicted molar refractivity (Wildman–Crippen MR) is 111 cm³/mol. The third kappa shape index (κ3) is 4.17. The molecule has 1 saturated heterocycles. The minimum atomic E-state index is -0.655. The molecule has 0 aliphatic carbocycles. The van der Waals surface area contributed by atoms with Crippen molar-refractivity contribution in [3.63, 3.8) is 0 Å². The van der Waals surface area contributed by atoms with E-state index in [0.717, 1.165) is 11.1 Å². The quantitative estimate of drug-likeness (QED) is 0.443. The first kappa shape index (κ1) is 20.6. The molecule has 1 aliphatic heterocycles. The summed E-state index contributed by atoms with van der Waals surface area (Å²) in [6.07, 6.45) is 0. The van der Waals surface area contributed by atoms with Crippen molar-refractivity contribution >= 4 is 17.4 Å². The highest BCUT2D eigenvalue weighted by molar-refractivity contribution is 6.46. The Labute approximate surface area is 171 Å². The van der Waals surface area contributed by atoms with Gasteiger partial charge in [-0.3, -0.25) is 9.59 Å². The number of aryl methyl sites for hydroxylation is 1. The van der Waals surface area contributed by atoms with Gasteiger partial charge in [-0.1, -0.05) is 29.8 Å². The van der Waals surface area contributed by atoms with Crippen LogP contribution in [-0.2, 0) is 9.59 Å². The number of rotatable bonds is 6. The van der Waals surface area contributed by atoms with Crippen LogP contribution in [-0.4, -0.2) is 56.0 Å². The lowest BCUT2D eigenvalue weighted by molar-refractivity contribution is -0.857. The van der Waals surface area contributed by atoms with Crippen LogP contribution in [0.15, 0.2) is 54.1 Å². The number of methoxy groups -OCH3 is 1. The van der Waals surface area contributed by atoms with Gasteiger partial charge in [0.25, 0.3) is 11.7 Å². The topological polar surface area (TPSA) is 71.3 Å². The number of aliphatic hydroxyl groups is 1. The van der Waals surface area contributed by atoms with Gasteiger partial charge in [0, 0.05) is 5.56 Å². The van der Waals surface area contributed by atoms with Crippen molar-refractivity contribution in [3.05, 3.63) is 70.8 Å². The fraction of sp³-hybridized carbons (Fsp3) is 0.304. The Morgan fingerprint density at radius 1 is 1.07 bits per heavy atom. The molecule has 1 unspecified atom stereocenters. The normalized spacial score (nSPS) is 18.5. The molecule has 6 heteroatoms. The molecular weight excluding hydrogens is 368 g/mol. The summed E-state index contributed by atoms with van der Waals surface area (Å²) in [6.45, 7) is 3.09. The van der Waals surface area contributed by atoms with Crippen molar-refractivity contribution in [1.82, 2.24) is 4.90 Å². The first-order valence-electron chi connectivity index (χ1n) is 9.62. The molecule has 0 spiro atoms. The number of likely N-dealkylation sites (N-methyl/N-ethyl adjacent to an activating group) is 1. The molecule has 0 radical (unpaired) electrons. The van der Waals surface area contributed by atoms with E-state index in [0.29, 0.717) is 24.4 Å². The molecule has 152 valence electrons. The number of benzene rings is 2. The second-order valence-corrected chi connectivity index (χ2v) is 7.59. The van der Waals surface area contributed by atoms with E-state index in [1.165, 1.54) is 4.90 Å². The number of ketones is 1. The summed E-state index contributed by atoms with van der Waals surface area (Å²) in [5.74, 6) is -0.758. The molecule has 1 amide bonds. The maximum Gasteiger partial charge on any atom is 0.295 e. The van der Waals surface area contributed by atoms with Gasteiger partial charge in [0.15, 0.2) is 0 Å². The van der Waals surface area contributed by atoms with E-state index in [4.69, 9.17) is 4.74 Å². The van der Waals surface area contributed by atoms with E-state index >= 15 is 0 Å². The molecule has 1 fully saturated rings. The van der Waals surface area contributed by atoms with E-state index in [-0.39, 0.29) is 11.3 Å². The maximum atomic E-state index is 12.9. The largest absolute Gasteiger partial charge is 0.507 e. The monoisotopic (exact) mass is 395 g/mol. The van der Waals surface area contributed by atoms with Gasteiger partial charge < -0.3 is 19.6 Å². The summed E-state index contributed by atoms with van der Waals surface area (Å²) in [5, 5.41) is 11.0. The molecule has 1 heterocycles. The van der Waals surface area contributed by atoms with Crippen molar-refractivity contribution in [1.29, 1.82) is 0 Å². The highest BCUT2D eigenvalue weighted by Gasteiger charge is 2.46. The summed E-state index contributed by atoms with van der Waals surface area (Å²) < 4.78 is 5.16. The van der Waals surface area contributed by atoms with Gasteiger partial charge in [-0.05, 0) is 36.8 Å². The van der Waals surface area contributed by atoms with E-state index in [2.05, 4.69) is 0 Å². The summed E-state index contributed by atoms with van der Waals surface area (Å²) in [5.41, 5.74) is 2.48. The van der Waals surface area contributed by atoms with Crippen molar-refractivity contribution in [2.24, 2.45) is 0 Å². The minimum Gasteiger partial charge on any atom is -0.507 e. The zero-order valence-corrected chi connectivity index (χ0v) is 17.2. The van der Waals surface area contributed by atoms with Crippen LogP contribution in [0, 0.1) is 6.92 Å². The summed E-state index contributed by atoms with van der Waals surface area (Å²) in [4.78, 5) is 28.5. The van der Waals surface area contributed by atoms with Crippen LogP contribution in [0.1, 0.15) is 22.7 Å². The molecule has 0 saturated carbocycles.